The molecule has 0 amide bonds. The minimum atomic E-state index is 0. The molecule has 4 rings (SSSR count). The number of benzene rings is 2. The first-order chi connectivity index (χ1) is 15.8. The summed E-state index contributed by atoms with van der Waals surface area (Å²) >= 11 is 0. The Hall–Kier alpha value is -3.14. The van der Waals surface area contributed by atoms with Crippen LogP contribution >= 0.6 is 24.0 Å². The number of aliphatic imine (C=N–C) groups is 1. The van der Waals surface area contributed by atoms with Crippen molar-refractivity contribution in [1.29, 1.82) is 0 Å². The molecular formula is C25H30IN7. The zero-order chi connectivity index (χ0) is 22.0. The molecule has 4 aromatic rings. The molecule has 8 heteroatoms. The van der Waals surface area contributed by atoms with Crippen molar-refractivity contribution >= 4 is 29.9 Å². The van der Waals surface area contributed by atoms with E-state index in [0.717, 1.165) is 25.6 Å². The fourth-order valence-electron chi connectivity index (χ4n) is 3.57. The van der Waals surface area contributed by atoms with E-state index in [1.54, 1.807) is 12.4 Å². The highest BCUT2D eigenvalue weighted by Crippen LogP contribution is 2.13. The van der Waals surface area contributed by atoms with E-state index >= 15 is 0 Å². The van der Waals surface area contributed by atoms with E-state index in [9.17, 15) is 0 Å². The van der Waals surface area contributed by atoms with Crippen LogP contribution in [0.15, 0.2) is 90.4 Å². The lowest BCUT2D eigenvalue weighted by atomic mass is 10.1. The van der Waals surface area contributed by atoms with E-state index in [-0.39, 0.29) is 24.0 Å². The van der Waals surface area contributed by atoms with Crippen LogP contribution in [0, 0.1) is 0 Å². The molecular weight excluding hydrogens is 525 g/mol. The summed E-state index contributed by atoms with van der Waals surface area (Å²) < 4.78 is 3.87. The first-order valence-electron chi connectivity index (χ1n) is 10.9. The van der Waals surface area contributed by atoms with Crippen LogP contribution in [0.2, 0.25) is 0 Å². The highest BCUT2D eigenvalue weighted by atomic mass is 127. The topological polar surface area (TPSA) is 72.1 Å². The molecule has 2 heterocycles. The van der Waals surface area contributed by atoms with Crippen LogP contribution in [0.25, 0.3) is 0 Å². The normalized spacial score (nSPS) is 11.1. The Morgan fingerprint density at radius 1 is 0.758 bits per heavy atom. The van der Waals surface area contributed by atoms with Crippen molar-refractivity contribution < 1.29 is 0 Å². The Bertz CT molecular complexity index is 1120. The Labute approximate surface area is 212 Å². The zero-order valence-corrected chi connectivity index (χ0v) is 21.1. The zero-order valence-electron chi connectivity index (χ0n) is 18.8. The van der Waals surface area contributed by atoms with Gasteiger partial charge in [-0.2, -0.15) is 10.2 Å². The summed E-state index contributed by atoms with van der Waals surface area (Å²) in [5, 5.41) is 15.5. The number of halogens is 1. The van der Waals surface area contributed by atoms with E-state index in [2.05, 4.69) is 76.3 Å². The summed E-state index contributed by atoms with van der Waals surface area (Å²) in [6, 6.07) is 20.7. The van der Waals surface area contributed by atoms with Crippen molar-refractivity contribution in [3.63, 3.8) is 0 Å². The number of hydrogen-bond donors (Lipinski definition) is 2. The van der Waals surface area contributed by atoms with Crippen molar-refractivity contribution in [3.05, 3.63) is 108 Å². The fourth-order valence-corrected chi connectivity index (χ4v) is 3.57. The number of nitrogens with one attached hydrogen (secondary N) is 2. The Kier molecular flexibility index (Phi) is 9.49. The first-order valence-corrected chi connectivity index (χ1v) is 10.9. The lowest BCUT2D eigenvalue weighted by Gasteiger charge is -2.15. The van der Waals surface area contributed by atoms with Gasteiger partial charge in [0, 0.05) is 37.9 Å². The van der Waals surface area contributed by atoms with Gasteiger partial charge in [0.05, 0.1) is 19.6 Å². The van der Waals surface area contributed by atoms with Crippen molar-refractivity contribution in [2.45, 2.75) is 33.1 Å². The molecule has 172 valence electrons. The SMILES string of the molecule is CCNC(=NCc1ccccc1Cn1cccn1)NCc1ccccc1Cn1cccn1.I. The van der Waals surface area contributed by atoms with E-state index in [4.69, 9.17) is 4.99 Å². The minimum absolute atomic E-state index is 0. The molecule has 0 bridgehead atoms. The fraction of sp³-hybridized carbons (Fsp3) is 0.240. The second kappa shape index (κ2) is 12.8. The van der Waals surface area contributed by atoms with Gasteiger partial charge in [-0.05, 0) is 41.3 Å². The summed E-state index contributed by atoms with van der Waals surface area (Å²) in [4.78, 5) is 4.84. The molecule has 0 aliphatic rings. The summed E-state index contributed by atoms with van der Waals surface area (Å²) in [7, 11) is 0. The molecule has 0 fully saturated rings. The van der Waals surface area contributed by atoms with Gasteiger partial charge in [-0.15, -0.1) is 24.0 Å². The Morgan fingerprint density at radius 2 is 1.30 bits per heavy atom. The van der Waals surface area contributed by atoms with Crippen LogP contribution in [0.3, 0.4) is 0 Å². The standard InChI is InChI=1S/C25H29N7.HI/c1-2-26-25(27-17-21-9-3-5-11-23(21)19-31-15-7-13-29-31)28-18-22-10-4-6-12-24(22)20-32-16-8-14-30-32;/h3-16H,2,17-20H2,1H3,(H2,26,27,28);1H. The summed E-state index contributed by atoms with van der Waals surface area (Å²) in [5.74, 6) is 0.801. The number of guanidine groups is 1. The summed E-state index contributed by atoms with van der Waals surface area (Å²) in [6.45, 7) is 5.66. The second-order valence-corrected chi connectivity index (χ2v) is 7.49. The predicted molar refractivity (Wildman–Crippen MR) is 143 cm³/mol. The lowest BCUT2D eigenvalue weighted by molar-refractivity contribution is 0.677. The van der Waals surface area contributed by atoms with Gasteiger partial charge in [0.25, 0.3) is 0 Å². The highest BCUT2D eigenvalue weighted by Gasteiger charge is 2.06. The first kappa shape index (κ1) is 24.5. The number of rotatable bonds is 9. The molecule has 7 nitrogen and oxygen atoms in total. The van der Waals surface area contributed by atoms with Crippen molar-refractivity contribution in [3.8, 4) is 0 Å². The van der Waals surface area contributed by atoms with Crippen LogP contribution < -0.4 is 10.6 Å². The lowest BCUT2D eigenvalue weighted by Crippen LogP contribution is -2.37. The van der Waals surface area contributed by atoms with Gasteiger partial charge in [-0.3, -0.25) is 9.36 Å². The van der Waals surface area contributed by atoms with Crippen molar-refractivity contribution in [1.82, 2.24) is 30.2 Å². The van der Waals surface area contributed by atoms with Gasteiger partial charge in [-0.1, -0.05) is 48.5 Å². The van der Waals surface area contributed by atoms with Crippen LogP contribution in [0.4, 0.5) is 0 Å². The molecule has 0 spiro atoms. The van der Waals surface area contributed by atoms with Crippen molar-refractivity contribution in [2.75, 3.05) is 6.54 Å². The third-order valence-corrected chi connectivity index (χ3v) is 5.22. The second-order valence-electron chi connectivity index (χ2n) is 7.49. The quantitative estimate of drug-likeness (QED) is 0.186. The van der Waals surface area contributed by atoms with E-state index < -0.39 is 0 Å². The van der Waals surface area contributed by atoms with E-state index in [0.29, 0.717) is 13.1 Å². The molecule has 0 unspecified atom stereocenters. The molecule has 0 atom stereocenters. The Balaban J connectivity index is 0.00000306. The van der Waals surface area contributed by atoms with Crippen LogP contribution in [0.5, 0.6) is 0 Å². The predicted octanol–water partition coefficient (Wildman–Crippen LogP) is 4.05. The summed E-state index contributed by atoms with van der Waals surface area (Å²) in [5.41, 5.74) is 4.89. The van der Waals surface area contributed by atoms with Crippen LogP contribution in [-0.4, -0.2) is 32.1 Å². The number of hydrogen-bond acceptors (Lipinski definition) is 3. The van der Waals surface area contributed by atoms with Gasteiger partial charge in [0.15, 0.2) is 5.96 Å². The smallest absolute Gasteiger partial charge is 0.191 e. The molecule has 2 aromatic carbocycles. The molecule has 0 saturated heterocycles. The number of aromatic nitrogens is 4. The largest absolute Gasteiger partial charge is 0.357 e. The third-order valence-electron chi connectivity index (χ3n) is 5.22. The average Bonchev–Trinajstić information content (AvgIpc) is 3.52. The number of nitrogens with zero attached hydrogens (tertiary/aromatic N) is 5. The highest BCUT2D eigenvalue weighted by molar-refractivity contribution is 14.0. The van der Waals surface area contributed by atoms with Gasteiger partial charge < -0.3 is 10.6 Å². The molecule has 0 aliphatic carbocycles. The summed E-state index contributed by atoms with van der Waals surface area (Å²) in [6.07, 6.45) is 7.57. The monoisotopic (exact) mass is 555 g/mol. The van der Waals surface area contributed by atoms with Crippen LogP contribution in [-0.2, 0) is 26.2 Å². The molecule has 2 aromatic heterocycles. The van der Waals surface area contributed by atoms with Gasteiger partial charge in [-0.25, -0.2) is 4.99 Å². The van der Waals surface area contributed by atoms with Gasteiger partial charge in [0.2, 0.25) is 0 Å². The minimum Gasteiger partial charge on any atom is -0.357 e. The van der Waals surface area contributed by atoms with Gasteiger partial charge >= 0.3 is 0 Å². The molecule has 33 heavy (non-hydrogen) atoms. The maximum absolute atomic E-state index is 4.84. The third kappa shape index (κ3) is 7.18. The Morgan fingerprint density at radius 3 is 1.85 bits per heavy atom. The molecule has 2 N–H and O–H groups in total. The maximum Gasteiger partial charge on any atom is 0.191 e. The average molecular weight is 555 g/mol. The van der Waals surface area contributed by atoms with E-state index in [1.165, 1.54) is 22.3 Å². The maximum atomic E-state index is 4.84. The van der Waals surface area contributed by atoms with E-state index in [1.807, 2.05) is 33.9 Å². The molecule has 0 radical (unpaired) electrons. The van der Waals surface area contributed by atoms with Crippen LogP contribution in [0.1, 0.15) is 29.2 Å². The molecule has 0 saturated carbocycles. The molecule has 0 aliphatic heterocycles. The van der Waals surface area contributed by atoms with Crippen molar-refractivity contribution in [2.24, 2.45) is 4.99 Å². The van der Waals surface area contributed by atoms with Gasteiger partial charge in [0.1, 0.15) is 0 Å².